The van der Waals surface area contributed by atoms with Gasteiger partial charge in [0.05, 0.1) is 17.2 Å². The highest BCUT2D eigenvalue weighted by molar-refractivity contribution is 7.92. The number of benzene rings is 2. The third kappa shape index (κ3) is 3.67. The minimum absolute atomic E-state index is 0.0467. The Labute approximate surface area is 153 Å². The quantitative estimate of drug-likeness (QED) is 0.783. The predicted molar refractivity (Wildman–Crippen MR) is 98.7 cm³/mol. The molecule has 0 saturated carbocycles. The summed E-state index contributed by atoms with van der Waals surface area (Å²) in [5.41, 5.74) is 1.78. The number of hydrogen-bond acceptors (Lipinski definition) is 5. The molecular formula is C19H21NO5S. The second kappa shape index (κ2) is 6.99. The number of carbonyl (C=O) groups excluding carboxylic acids is 1. The van der Waals surface area contributed by atoms with Crippen molar-refractivity contribution in [3.05, 3.63) is 47.5 Å². The smallest absolute Gasteiger partial charge is 0.262 e. The van der Waals surface area contributed by atoms with Crippen molar-refractivity contribution in [2.24, 2.45) is 0 Å². The predicted octanol–water partition coefficient (Wildman–Crippen LogP) is 3.41. The van der Waals surface area contributed by atoms with Gasteiger partial charge in [-0.15, -0.1) is 0 Å². The van der Waals surface area contributed by atoms with Gasteiger partial charge in [0, 0.05) is 23.6 Å². The van der Waals surface area contributed by atoms with Crippen LogP contribution in [0.5, 0.6) is 11.5 Å². The van der Waals surface area contributed by atoms with E-state index in [1.54, 1.807) is 6.07 Å². The Kier molecular flexibility index (Phi) is 4.91. The Morgan fingerprint density at radius 1 is 1.27 bits per heavy atom. The molecule has 138 valence electrons. The van der Waals surface area contributed by atoms with Crippen molar-refractivity contribution in [1.82, 2.24) is 0 Å². The van der Waals surface area contributed by atoms with Crippen LogP contribution in [0, 0.1) is 0 Å². The van der Waals surface area contributed by atoms with Crippen molar-refractivity contribution in [1.29, 1.82) is 0 Å². The topological polar surface area (TPSA) is 81.7 Å². The van der Waals surface area contributed by atoms with Gasteiger partial charge in [-0.2, -0.15) is 0 Å². The first-order valence-electron chi connectivity index (χ1n) is 8.40. The maximum Gasteiger partial charge on any atom is 0.262 e. The highest BCUT2D eigenvalue weighted by Gasteiger charge is 2.24. The van der Waals surface area contributed by atoms with Crippen LogP contribution in [-0.2, 0) is 16.4 Å². The van der Waals surface area contributed by atoms with Gasteiger partial charge in [0.15, 0.2) is 5.78 Å². The first-order valence-corrected chi connectivity index (χ1v) is 9.88. The summed E-state index contributed by atoms with van der Waals surface area (Å²) in [6, 6.07) is 9.28. The van der Waals surface area contributed by atoms with E-state index in [-0.39, 0.29) is 16.8 Å². The molecule has 0 fully saturated rings. The van der Waals surface area contributed by atoms with Crippen LogP contribution in [-0.4, -0.2) is 26.9 Å². The molecule has 6 nitrogen and oxygen atoms in total. The lowest BCUT2D eigenvalue weighted by atomic mass is 10.1. The summed E-state index contributed by atoms with van der Waals surface area (Å²) < 4.78 is 39.3. The SMILES string of the molecule is CCOc1cc2c(cc1NS(=O)(=O)c1ccc(C(C)=O)cc1)OC(C)C2. The van der Waals surface area contributed by atoms with E-state index in [2.05, 4.69) is 4.72 Å². The molecule has 0 radical (unpaired) electrons. The average molecular weight is 375 g/mol. The Bertz CT molecular complexity index is 935. The number of ketones is 1. The van der Waals surface area contributed by atoms with E-state index in [9.17, 15) is 13.2 Å². The van der Waals surface area contributed by atoms with Crippen LogP contribution < -0.4 is 14.2 Å². The van der Waals surface area contributed by atoms with Gasteiger partial charge in [-0.05, 0) is 39.0 Å². The molecule has 3 rings (SSSR count). The molecule has 0 aliphatic carbocycles. The minimum Gasteiger partial charge on any atom is -0.492 e. The Morgan fingerprint density at radius 2 is 1.96 bits per heavy atom. The summed E-state index contributed by atoms with van der Waals surface area (Å²) >= 11 is 0. The van der Waals surface area contributed by atoms with Crippen molar-refractivity contribution in [3.63, 3.8) is 0 Å². The molecule has 1 N–H and O–H groups in total. The zero-order valence-electron chi connectivity index (χ0n) is 14.9. The molecule has 0 bridgehead atoms. The van der Waals surface area contributed by atoms with Gasteiger partial charge in [0.25, 0.3) is 10.0 Å². The van der Waals surface area contributed by atoms with Crippen molar-refractivity contribution < 1.29 is 22.7 Å². The molecule has 7 heteroatoms. The number of anilines is 1. The summed E-state index contributed by atoms with van der Waals surface area (Å²) in [7, 11) is -3.82. The fraction of sp³-hybridized carbons (Fsp3) is 0.316. The first-order chi connectivity index (χ1) is 12.3. The zero-order chi connectivity index (χ0) is 18.9. The number of rotatable bonds is 6. The van der Waals surface area contributed by atoms with Crippen LogP contribution in [0.1, 0.15) is 36.7 Å². The second-order valence-electron chi connectivity index (χ2n) is 6.21. The molecule has 2 aromatic rings. The standard InChI is InChI=1S/C19H21NO5S/c1-4-24-19-10-15-9-12(2)25-18(15)11-17(19)20-26(22,23)16-7-5-14(6-8-16)13(3)21/h5-8,10-12,20H,4,9H2,1-3H3. The maximum absolute atomic E-state index is 12.7. The van der Waals surface area contributed by atoms with Crippen molar-refractivity contribution in [2.45, 2.75) is 38.2 Å². The Morgan fingerprint density at radius 3 is 2.58 bits per heavy atom. The lowest BCUT2D eigenvalue weighted by Gasteiger charge is -2.15. The van der Waals surface area contributed by atoms with E-state index in [1.807, 2.05) is 19.9 Å². The van der Waals surface area contributed by atoms with E-state index in [4.69, 9.17) is 9.47 Å². The molecule has 2 aromatic carbocycles. The fourth-order valence-electron chi connectivity index (χ4n) is 2.87. The van der Waals surface area contributed by atoms with Gasteiger partial charge in [-0.25, -0.2) is 8.42 Å². The van der Waals surface area contributed by atoms with Crippen LogP contribution in [0.15, 0.2) is 41.3 Å². The molecule has 0 spiro atoms. The summed E-state index contributed by atoms with van der Waals surface area (Å²) in [4.78, 5) is 11.4. The number of nitrogens with one attached hydrogen (secondary N) is 1. The summed E-state index contributed by atoms with van der Waals surface area (Å²) in [6.45, 7) is 5.64. The van der Waals surface area contributed by atoms with Crippen LogP contribution in [0.25, 0.3) is 0 Å². The molecule has 1 unspecified atom stereocenters. The van der Waals surface area contributed by atoms with Gasteiger partial charge >= 0.3 is 0 Å². The van der Waals surface area contributed by atoms with Gasteiger partial charge in [0.2, 0.25) is 0 Å². The van der Waals surface area contributed by atoms with E-state index in [1.165, 1.54) is 31.2 Å². The van der Waals surface area contributed by atoms with Gasteiger partial charge < -0.3 is 9.47 Å². The molecular weight excluding hydrogens is 354 g/mol. The number of sulfonamides is 1. The lowest BCUT2D eigenvalue weighted by Crippen LogP contribution is -2.14. The molecule has 1 aliphatic heterocycles. The number of fused-ring (bicyclic) bond motifs is 1. The van der Waals surface area contributed by atoms with E-state index in [0.29, 0.717) is 29.4 Å². The fourth-order valence-corrected chi connectivity index (χ4v) is 3.93. The highest BCUT2D eigenvalue weighted by atomic mass is 32.2. The summed E-state index contributed by atoms with van der Waals surface area (Å²) in [6.07, 6.45) is 0.806. The Hall–Kier alpha value is -2.54. The molecule has 0 saturated heterocycles. The highest BCUT2D eigenvalue weighted by Crippen LogP contribution is 2.38. The number of carbonyl (C=O) groups is 1. The molecule has 1 atom stereocenters. The van der Waals surface area contributed by atoms with Gasteiger partial charge in [-0.3, -0.25) is 9.52 Å². The molecule has 0 aromatic heterocycles. The average Bonchev–Trinajstić information content (AvgIpc) is 2.94. The number of Topliss-reactive ketones (excluding diaryl/α,β-unsaturated/α-hetero) is 1. The first kappa shape index (κ1) is 18.3. The molecule has 26 heavy (non-hydrogen) atoms. The van der Waals surface area contributed by atoms with Gasteiger partial charge in [-0.1, -0.05) is 12.1 Å². The van der Waals surface area contributed by atoms with Crippen LogP contribution in [0.3, 0.4) is 0 Å². The third-order valence-electron chi connectivity index (χ3n) is 4.11. The normalized spacial score (nSPS) is 15.9. The van der Waals surface area contributed by atoms with Crippen LogP contribution in [0.4, 0.5) is 5.69 Å². The van der Waals surface area contributed by atoms with E-state index >= 15 is 0 Å². The van der Waals surface area contributed by atoms with Crippen molar-refractivity contribution in [3.8, 4) is 11.5 Å². The van der Waals surface area contributed by atoms with Crippen molar-refractivity contribution in [2.75, 3.05) is 11.3 Å². The third-order valence-corrected chi connectivity index (χ3v) is 5.49. The molecule has 1 aliphatic rings. The van der Waals surface area contributed by atoms with Gasteiger partial charge in [0.1, 0.15) is 17.6 Å². The maximum atomic E-state index is 12.7. The summed E-state index contributed by atoms with van der Waals surface area (Å²) in [5.74, 6) is 1.00. The zero-order valence-corrected chi connectivity index (χ0v) is 15.7. The largest absolute Gasteiger partial charge is 0.492 e. The number of ether oxygens (including phenoxy) is 2. The van der Waals surface area contributed by atoms with Crippen LogP contribution in [0.2, 0.25) is 0 Å². The number of hydrogen-bond donors (Lipinski definition) is 1. The molecule has 1 heterocycles. The summed E-state index contributed by atoms with van der Waals surface area (Å²) in [5, 5.41) is 0. The monoisotopic (exact) mass is 375 g/mol. The Balaban J connectivity index is 1.94. The minimum atomic E-state index is -3.82. The van der Waals surface area contributed by atoms with E-state index < -0.39 is 10.0 Å². The van der Waals surface area contributed by atoms with Crippen molar-refractivity contribution >= 4 is 21.5 Å². The van der Waals surface area contributed by atoms with E-state index in [0.717, 1.165) is 12.0 Å². The molecule has 0 amide bonds. The second-order valence-corrected chi connectivity index (χ2v) is 7.89. The van der Waals surface area contributed by atoms with Crippen LogP contribution >= 0.6 is 0 Å². The lowest BCUT2D eigenvalue weighted by molar-refractivity contribution is 0.101.